The van der Waals surface area contributed by atoms with E-state index in [1.807, 2.05) is 0 Å². The molecule has 80 valence electrons. The smallest absolute Gasteiger partial charge is 0.233 e. The van der Waals surface area contributed by atoms with Crippen LogP contribution in [0.5, 0.6) is 5.88 Å². The lowest BCUT2D eigenvalue weighted by Crippen LogP contribution is -2.25. The summed E-state index contributed by atoms with van der Waals surface area (Å²) >= 11 is 6.02. The van der Waals surface area contributed by atoms with Gasteiger partial charge < -0.3 is 10.5 Å². The highest BCUT2D eigenvalue weighted by molar-refractivity contribution is 6.35. The molecule has 1 fully saturated rings. The summed E-state index contributed by atoms with van der Waals surface area (Å²) in [6.45, 7) is 0. The lowest BCUT2D eigenvalue weighted by atomic mass is 9.96. The first kappa shape index (κ1) is 10.2. The third-order valence-electron chi connectivity index (χ3n) is 2.48. The van der Waals surface area contributed by atoms with Crippen molar-refractivity contribution in [3.63, 3.8) is 0 Å². The van der Waals surface area contributed by atoms with E-state index in [9.17, 15) is 0 Å². The van der Waals surface area contributed by atoms with Crippen molar-refractivity contribution in [3.05, 3.63) is 22.8 Å². The monoisotopic (exact) mass is 225 g/mol. The second-order valence-corrected chi connectivity index (χ2v) is 3.94. The summed E-state index contributed by atoms with van der Waals surface area (Å²) in [5.74, 6) is 0.315. The van der Waals surface area contributed by atoms with E-state index in [1.54, 1.807) is 12.3 Å². The largest absolute Gasteiger partial charge is 0.473 e. The van der Waals surface area contributed by atoms with E-state index >= 15 is 0 Å². The van der Waals surface area contributed by atoms with Crippen LogP contribution in [0, 0.1) is 5.41 Å². The molecule has 0 aliphatic heterocycles. The Hall–Kier alpha value is -1.29. The summed E-state index contributed by atoms with van der Waals surface area (Å²) in [5.41, 5.74) is 5.85. The Bertz CT molecular complexity index is 390. The SMILES string of the molecule is N=C(N)c1ccnc(OC2CCC2)c1Cl. The standard InChI is InChI=1S/C10H12ClN3O/c11-8-7(9(12)13)4-5-14-10(8)15-6-2-1-3-6/h4-6H,1-3H2,(H3,12,13). The summed E-state index contributed by atoms with van der Waals surface area (Å²) < 4.78 is 5.58. The van der Waals surface area contributed by atoms with Gasteiger partial charge in [0, 0.05) is 11.8 Å². The molecule has 1 saturated carbocycles. The average molecular weight is 226 g/mol. The van der Waals surface area contributed by atoms with Gasteiger partial charge in [0.15, 0.2) is 0 Å². The summed E-state index contributed by atoms with van der Waals surface area (Å²) in [4.78, 5) is 4.04. The molecule has 3 N–H and O–H groups in total. The van der Waals surface area contributed by atoms with Crippen LogP contribution >= 0.6 is 11.6 Å². The number of halogens is 1. The Morgan fingerprint density at radius 2 is 2.33 bits per heavy atom. The van der Waals surface area contributed by atoms with Crippen molar-refractivity contribution < 1.29 is 4.74 Å². The Morgan fingerprint density at radius 1 is 1.60 bits per heavy atom. The number of ether oxygens (including phenoxy) is 1. The van der Waals surface area contributed by atoms with Gasteiger partial charge in [0.1, 0.15) is 17.0 Å². The number of rotatable bonds is 3. The molecule has 0 radical (unpaired) electrons. The second-order valence-electron chi connectivity index (χ2n) is 3.56. The van der Waals surface area contributed by atoms with Gasteiger partial charge in [-0.2, -0.15) is 0 Å². The molecule has 0 atom stereocenters. The van der Waals surface area contributed by atoms with E-state index in [1.165, 1.54) is 6.42 Å². The van der Waals surface area contributed by atoms with Crippen molar-refractivity contribution in [2.75, 3.05) is 0 Å². The third-order valence-corrected chi connectivity index (χ3v) is 2.84. The molecule has 0 aromatic carbocycles. The van der Waals surface area contributed by atoms with E-state index in [0.29, 0.717) is 16.5 Å². The maximum atomic E-state index is 7.32. The molecule has 1 aliphatic rings. The molecule has 0 bridgehead atoms. The van der Waals surface area contributed by atoms with E-state index in [2.05, 4.69) is 4.98 Å². The van der Waals surface area contributed by atoms with E-state index in [4.69, 9.17) is 27.5 Å². The molecule has 1 heterocycles. The van der Waals surface area contributed by atoms with Gasteiger partial charge >= 0.3 is 0 Å². The number of nitrogen functional groups attached to an aromatic ring is 1. The van der Waals surface area contributed by atoms with Gasteiger partial charge in [-0.05, 0) is 25.3 Å². The van der Waals surface area contributed by atoms with Crippen molar-refractivity contribution in [1.29, 1.82) is 5.41 Å². The van der Waals surface area contributed by atoms with Crippen molar-refractivity contribution in [2.45, 2.75) is 25.4 Å². The van der Waals surface area contributed by atoms with Crippen LogP contribution in [0.3, 0.4) is 0 Å². The summed E-state index contributed by atoms with van der Waals surface area (Å²) in [5, 5.41) is 7.65. The third kappa shape index (κ3) is 2.04. The quantitative estimate of drug-likeness (QED) is 0.610. The molecular formula is C10H12ClN3O. The van der Waals surface area contributed by atoms with E-state index < -0.39 is 0 Å². The molecule has 1 aliphatic carbocycles. The predicted octanol–water partition coefficient (Wildman–Crippen LogP) is 1.95. The zero-order valence-corrected chi connectivity index (χ0v) is 8.92. The zero-order chi connectivity index (χ0) is 10.8. The molecule has 0 saturated heterocycles. The number of aromatic nitrogens is 1. The number of nitrogens with one attached hydrogen (secondary N) is 1. The van der Waals surface area contributed by atoms with Gasteiger partial charge in [0.05, 0.1) is 0 Å². The topological polar surface area (TPSA) is 72.0 Å². The molecule has 1 aromatic heterocycles. The normalized spacial score (nSPS) is 15.8. The van der Waals surface area contributed by atoms with Crippen molar-refractivity contribution in [2.24, 2.45) is 5.73 Å². The van der Waals surface area contributed by atoms with Gasteiger partial charge in [-0.3, -0.25) is 5.41 Å². The van der Waals surface area contributed by atoms with Crippen LogP contribution in [0.4, 0.5) is 0 Å². The van der Waals surface area contributed by atoms with Crippen molar-refractivity contribution >= 4 is 17.4 Å². The number of hydrogen-bond donors (Lipinski definition) is 2. The first-order chi connectivity index (χ1) is 7.18. The van der Waals surface area contributed by atoms with Crippen LogP contribution in [0.1, 0.15) is 24.8 Å². The first-order valence-corrected chi connectivity index (χ1v) is 5.22. The second kappa shape index (κ2) is 4.06. The van der Waals surface area contributed by atoms with E-state index in [-0.39, 0.29) is 11.9 Å². The highest BCUT2D eigenvalue weighted by Crippen LogP contribution is 2.30. The van der Waals surface area contributed by atoms with Crippen molar-refractivity contribution in [1.82, 2.24) is 4.98 Å². The first-order valence-electron chi connectivity index (χ1n) is 4.84. The van der Waals surface area contributed by atoms with Crippen LogP contribution in [0.2, 0.25) is 5.02 Å². The molecule has 15 heavy (non-hydrogen) atoms. The maximum absolute atomic E-state index is 7.32. The highest BCUT2D eigenvalue weighted by Gasteiger charge is 2.21. The van der Waals surface area contributed by atoms with Gasteiger partial charge in [-0.1, -0.05) is 11.6 Å². The minimum absolute atomic E-state index is 0.0686. The number of pyridine rings is 1. The summed E-state index contributed by atoms with van der Waals surface area (Å²) in [7, 11) is 0. The van der Waals surface area contributed by atoms with Crippen LogP contribution in [0.25, 0.3) is 0 Å². The van der Waals surface area contributed by atoms with Crippen LogP contribution in [0.15, 0.2) is 12.3 Å². The van der Waals surface area contributed by atoms with Gasteiger partial charge in [-0.25, -0.2) is 4.98 Å². The Kier molecular flexibility index (Phi) is 2.77. The number of amidine groups is 1. The maximum Gasteiger partial charge on any atom is 0.233 e. The van der Waals surface area contributed by atoms with Gasteiger partial charge in [-0.15, -0.1) is 0 Å². The van der Waals surface area contributed by atoms with Crippen LogP contribution in [-0.4, -0.2) is 16.9 Å². The Balaban J connectivity index is 2.22. The number of nitrogens with zero attached hydrogens (tertiary/aromatic N) is 1. The molecule has 0 amide bonds. The van der Waals surface area contributed by atoms with E-state index in [0.717, 1.165) is 12.8 Å². The fraction of sp³-hybridized carbons (Fsp3) is 0.400. The molecule has 0 unspecified atom stereocenters. The Morgan fingerprint density at radius 3 is 2.87 bits per heavy atom. The lowest BCUT2D eigenvalue weighted by molar-refractivity contribution is 0.115. The predicted molar refractivity (Wildman–Crippen MR) is 58.5 cm³/mol. The molecule has 4 nitrogen and oxygen atoms in total. The molecule has 5 heteroatoms. The number of nitrogens with two attached hydrogens (primary N) is 1. The van der Waals surface area contributed by atoms with Crippen LogP contribution < -0.4 is 10.5 Å². The van der Waals surface area contributed by atoms with Crippen molar-refractivity contribution in [3.8, 4) is 5.88 Å². The minimum Gasteiger partial charge on any atom is -0.473 e. The summed E-state index contributed by atoms with van der Waals surface area (Å²) in [6.07, 6.45) is 5.05. The number of hydrogen-bond acceptors (Lipinski definition) is 3. The fourth-order valence-corrected chi connectivity index (χ4v) is 1.62. The fourth-order valence-electron chi connectivity index (χ4n) is 1.36. The van der Waals surface area contributed by atoms with Gasteiger partial charge in [0.2, 0.25) is 5.88 Å². The van der Waals surface area contributed by atoms with Gasteiger partial charge in [0.25, 0.3) is 0 Å². The lowest BCUT2D eigenvalue weighted by Gasteiger charge is -2.26. The molecule has 2 rings (SSSR count). The van der Waals surface area contributed by atoms with Crippen LogP contribution in [-0.2, 0) is 0 Å². The molecular weight excluding hydrogens is 214 g/mol. The minimum atomic E-state index is -0.0686. The molecule has 1 aromatic rings. The highest BCUT2D eigenvalue weighted by atomic mass is 35.5. The summed E-state index contributed by atoms with van der Waals surface area (Å²) in [6, 6.07) is 1.61. The average Bonchev–Trinajstić information content (AvgIpc) is 2.13. The molecule has 0 spiro atoms. The Labute approximate surface area is 92.9 Å². The zero-order valence-electron chi connectivity index (χ0n) is 8.16.